The van der Waals surface area contributed by atoms with Crippen LogP contribution in [0, 0.1) is 0 Å². The smallest absolute Gasteiger partial charge is 0.272 e. The maximum atomic E-state index is 13.4. The zero-order chi connectivity index (χ0) is 22.5. The van der Waals surface area contributed by atoms with Crippen LogP contribution in [0.1, 0.15) is 19.6 Å². The molecule has 0 radical (unpaired) electrons. The standard InChI is InChI=1S/C23H26N4O3S2/c1-3-26(4-2)11-12-27-22(29)21-20(17-9-5-6-10-18(17)32-21)25-23(27)31-15-19(28)24-14-16-8-7-13-30-16/h5-10,13H,3-4,11-12,14-15H2,1-2H3,(H,24,28)/p+1. The van der Waals surface area contributed by atoms with E-state index in [0.29, 0.717) is 28.7 Å². The van der Waals surface area contributed by atoms with Crippen LogP contribution >= 0.6 is 23.1 Å². The van der Waals surface area contributed by atoms with Gasteiger partial charge in [0.25, 0.3) is 5.56 Å². The lowest BCUT2D eigenvalue weighted by molar-refractivity contribution is -0.897. The van der Waals surface area contributed by atoms with Gasteiger partial charge in [-0.15, -0.1) is 11.3 Å². The number of likely N-dealkylation sites (N-methyl/N-ethyl adjacent to an activating group) is 1. The van der Waals surface area contributed by atoms with Crippen molar-refractivity contribution >= 4 is 49.3 Å². The van der Waals surface area contributed by atoms with E-state index in [4.69, 9.17) is 9.40 Å². The van der Waals surface area contributed by atoms with Crippen LogP contribution in [0.5, 0.6) is 0 Å². The van der Waals surface area contributed by atoms with Gasteiger partial charge in [0.2, 0.25) is 5.91 Å². The number of hydrogen-bond acceptors (Lipinski definition) is 6. The second kappa shape index (κ2) is 10.3. The maximum absolute atomic E-state index is 13.4. The number of nitrogens with one attached hydrogen (secondary N) is 2. The molecule has 2 N–H and O–H groups in total. The van der Waals surface area contributed by atoms with E-state index in [9.17, 15) is 9.59 Å². The molecule has 7 nitrogen and oxygen atoms in total. The SMILES string of the molecule is CC[NH+](CC)CCn1c(SCC(=O)NCc2ccco2)nc2c(sc3ccccc32)c1=O. The Hall–Kier alpha value is -2.62. The Morgan fingerprint density at radius 3 is 2.78 bits per heavy atom. The largest absolute Gasteiger partial charge is 0.467 e. The lowest BCUT2D eigenvalue weighted by Crippen LogP contribution is -3.11. The molecule has 9 heteroatoms. The summed E-state index contributed by atoms with van der Waals surface area (Å²) < 4.78 is 8.72. The molecule has 0 saturated heterocycles. The first-order valence-electron chi connectivity index (χ1n) is 10.8. The molecule has 0 atom stereocenters. The van der Waals surface area contributed by atoms with Gasteiger partial charge in [0.1, 0.15) is 10.5 Å². The minimum absolute atomic E-state index is 0.0266. The van der Waals surface area contributed by atoms with E-state index >= 15 is 0 Å². The van der Waals surface area contributed by atoms with Crippen molar-refractivity contribution < 1.29 is 14.1 Å². The summed E-state index contributed by atoms with van der Waals surface area (Å²) in [6, 6.07) is 11.5. The van der Waals surface area contributed by atoms with Crippen LogP contribution in [0.25, 0.3) is 20.3 Å². The number of amides is 1. The van der Waals surface area contributed by atoms with Gasteiger partial charge in [0.05, 0.1) is 50.3 Å². The first-order valence-corrected chi connectivity index (χ1v) is 12.6. The third kappa shape index (κ3) is 4.90. The number of quaternary nitrogens is 1. The molecule has 3 aromatic heterocycles. The van der Waals surface area contributed by atoms with Gasteiger partial charge in [-0.05, 0) is 32.0 Å². The Morgan fingerprint density at radius 2 is 2.03 bits per heavy atom. The molecule has 0 saturated carbocycles. The van der Waals surface area contributed by atoms with Gasteiger partial charge in [0.15, 0.2) is 5.16 Å². The number of hydrogen-bond donors (Lipinski definition) is 2. The van der Waals surface area contributed by atoms with Crippen molar-refractivity contribution in [1.82, 2.24) is 14.9 Å². The molecule has 3 heterocycles. The van der Waals surface area contributed by atoms with Crippen molar-refractivity contribution in [2.24, 2.45) is 0 Å². The van der Waals surface area contributed by atoms with Crippen LogP contribution in [0.3, 0.4) is 0 Å². The van der Waals surface area contributed by atoms with Gasteiger partial charge in [-0.3, -0.25) is 14.2 Å². The Labute approximate surface area is 194 Å². The van der Waals surface area contributed by atoms with Crippen LogP contribution in [-0.2, 0) is 17.9 Å². The van der Waals surface area contributed by atoms with Gasteiger partial charge < -0.3 is 14.6 Å². The van der Waals surface area contributed by atoms with Gasteiger partial charge in [-0.2, -0.15) is 0 Å². The van der Waals surface area contributed by atoms with Crippen LogP contribution < -0.4 is 15.8 Å². The van der Waals surface area contributed by atoms with E-state index in [1.54, 1.807) is 16.9 Å². The van der Waals surface area contributed by atoms with Crippen molar-refractivity contribution in [3.8, 4) is 0 Å². The number of fused-ring (bicyclic) bond motifs is 3. The zero-order valence-electron chi connectivity index (χ0n) is 18.2. The molecule has 32 heavy (non-hydrogen) atoms. The van der Waals surface area contributed by atoms with E-state index in [0.717, 1.165) is 35.2 Å². The van der Waals surface area contributed by atoms with Gasteiger partial charge >= 0.3 is 0 Å². The number of thioether (sulfide) groups is 1. The molecule has 0 bridgehead atoms. The highest BCUT2D eigenvalue weighted by atomic mass is 32.2. The molecule has 0 spiro atoms. The number of carbonyl (C=O) groups excluding carboxylic acids is 1. The molecule has 4 rings (SSSR count). The molecule has 168 valence electrons. The fourth-order valence-corrected chi connectivity index (χ4v) is 5.55. The zero-order valence-corrected chi connectivity index (χ0v) is 19.9. The Bertz CT molecular complexity index is 1260. The van der Waals surface area contributed by atoms with E-state index in [1.807, 2.05) is 30.3 Å². The second-order valence-electron chi connectivity index (χ2n) is 7.48. The van der Waals surface area contributed by atoms with Gasteiger partial charge in [0, 0.05) is 10.1 Å². The number of furan rings is 1. The van der Waals surface area contributed by atoms with Gasteiger partial charge in [-0.1, -0.05) is 30.0 Å². The normalized spacial score (nSPS) is 11.6. The molecular weight excluding hydrogens is 444 g/mol. The summed E-state index contributed by atoms with van der Waals surface area (Å²) in [5.41, 5.74) is 0.696. The monoisotopic (exact) mass is 471 g/mol. The summed E-state index contributed by atoms with van der Waals surface area (Å²) in [5, 5.41) is 4.42. The molecule has 0 unspecified atom stereocenters. The Kier molecular flexibility index (Phi) is 7.29. The molecular formula is C23H27N4O3S2+. The predicted molar refractivity (Wildman–Crippen MR) is 130 cm³/mol. The Balaban J connectivity index is 1.61. The van der Waals surface area contributed by atoms with E-state index < -0.39 is 0 Å². The molecule has 1 aromatic carbocycles. The third-order valence-electron chi connectivity index (χ3n) is 5.51. The summed E-state index contributed by atoms with van der Waals surface area (Å²) in [4.78, 5) is 32.1. The fourth-order valence-electron chi connectivity index (χ4n) is 3.61. The average Bonchev–Trinajstić information content (AvgIpc) is 3.46. The molecule has 0 aliphatic carbocycles. The fraction of sp³-hybridized carbons (Fsp3) is 0.348. The van der Waals surface area contributed by atoms with Crippen molar-refractivity contribution in [3.63, 3.8) is 0 Å². The second-order valence-corrected chi connectivity index (χ2v) is 9.47. The Morgan fingerprint density at radius 1 is 1.22 bits per heavy atom. The van der Waals surface area contributed by atoms with Crippen LogP contribution in [-0.4, -0.2) is 40.8 Å². The first kappa shape index (κ1) is 22.6. The molecule has 4 aromatic rings. The van der Waals surface area contributed by atoms with Crippen molar-refractivity contribution in [1.29, 1.82) is 0 Å². The average molecular weight is 472 g/mol. The summed E-state index contributed by atoms with van der Waals surface area (Å²) in [6.07, 6.45) is 1.58. The number of benzene rings is 1. The van der Waals surface area contributed by atoms with Crippen molar-refractivity contribution in [3.05, 3.63) is 58.8 Å². The number of rotatable bonds is 10. The quantitative estimate of drug-likeness (QED) is 0.274. The number of thiophene rings is 1. The highest BCUT2D eigenvalue weighted by molar-refractivity contribution is 7.99. The number of nitrogens with zero attached hydrogens (tertiary/aromatic N) is 2. The molecule has 1 amide bonds. The summed E-state index contributed by atoms with van der Waals surface area (Å²) >= 11 is 2.79. The minimum atomic E-state index is -0.128. The summed E-state index contributed by atoms with van der Waals surface area (Å²) in [7, 11) is 0. The molecule has 0 fully saturated rings. The van der Waals surface area contributed by atoms with Gasteiger partial charge in [-0.25, -0.2) is 4.98 Å². The number of carbonyl (C=O) groups is 1. The topological polar surface area (TPSA) is 81.6 Å². The minimum Gasteiger partial charge on any atom is -0.467 e. The lowest BCUT2D eigenvalue weighted by Gasteiger charge is -2.17. The first-order chi connectivity index (χ1) is 15.6. The van der Waals surface area contributed by atoms with Crippen molar-refractivity contribution in [2.45, 2.75) is 32.1 Å². The van der Waals surface area contributed by atoms with Crippen LogP contribution in [0.15, 0.2) is 57.0 Å². The van der Waals surface area contributed by atoms with E-state index in [1.165, 1.54) is 28.0 Å². The summed E-state index contributed by atoms with van der Waals surface area (Å²) in [6.45, 7) is 8.05. The lowest BCUT2D eigenvalue weighted by atomic mass is 10.2. The predicted octanol–water partition coefficient (Wildman–Crippen LogP) is 2.54. The van der Waals surface area contributed by atoms with Crippen LogP contribution in [0.2, 0.25) is 0 Å². The third-order valence-corrected chi connectivity index (χ3v) is 7.63. The van der Waals surface area contributed by atoms with E-state index in [2.05, 4.69) is 19.2 Å². The summed E-state index contributed by atoms with van der Waals surface area (Å²) in [5.74, 6) is 0.752. The molecule has 0 aliphatic heterocycles. The van der Waals surface area contributed by atoms with Crippen molar-refractivity contribution in [2.75, 3.05) is 25.4 Å². The highest BCUT2D eigenvalue weighted by Gasteiger charge is 2.18. The highest BCUT2D eigenvalue weighted by Crippen LogP contribution is 2.31. The maximum Gasteiger partial charge on any atom is 0.272 e. The van der Waals surface area contributed by atoms with E-state index in [-0.39, 0.29) is 17.2 Å². The number of aromatic nitrogens is 2. The van der Waals surface area contributed by atoms with Crippen LogP contribution in [0.4, 0.5) is 0 Å². The molecule has 0 aliphatic rings.